The summed E-state index contributed by atoms with van der Waals surface area (Å²) in [6, 6.07) is 0. The van der Waals surface area contributed by atoms with Crippen molar-refractivity contribution in [1.82, 2.24) is 15.1 Å². The molecule has 0 bridgehead atoms. The van der Waals surface area contributed by atoms with Gasteiger partial charge in [-0.2, -0.15) is 0 Å². The highest BCUT2D eigenvalue weighted by Gasteiger charge is 2.18. The van der Waals surface area contributed by atoms with Crippen molar-refractivity contribution in [2.75, 3.05) is 43.9 Å². The predicted molar refractivity (Wildman–Crippen MR) is 68.0 cm³/mol. The molecule has 0 atom stereocenters. The molecule has 1 fully saturated rings. The smallest absolute Gasteiger partial charge is 0.313 e. The van der Waals surface area contributed by atoms with Crippen molar-refractivity contribution in [2.24, 2.45) is 0 Å². The molecule has 0 saturated carbocycles. The highest BCUT2D eigenvalue weighted by atomic mass is 32.2. The van der Waals surface area contributed by atoms with E-state index in [0.29, 0.717) is 0 Å². The molecule has 2 heterocycles. The summed E-state index contributed by atoms with van der Waals surface area (Å²) in [4.78, 5) is 14.9. The Bertz CT molecular complexity index is 390. The number of piperazine rings is 1. The first-order valence-electron chi connectivity index (χ1n) is 5.27. The van der Waals surface area contributed by atoms with Crippen LogP contribution in [0.3, 0.4) is 0 Å². The van der Waals surface area contributed by atoms with E-state index in [4.69, 9.17) is 5.11 Å². The Morgan fingerprint density at radius 1 is 1.41 bits per heavy atom. The van der Waals surface area contributed by atoms with Crippen molar-refractivity contribution >= 4 is 34.2 Å². The second-order valence-corrected chi connectivity index (χ2v) is 6.00. The topological polar surface area (TPSA) is 69.6 Å². The lowest BCUT2D eigenvalue weighted by Gasteiger charge is -2.31. The van der Waals surface area contributed by atoms with Crippen molar-refractivity contribution < 1.29 is 9.90 Å². The molecular weight excluding hydrogens is 260 g/mol. The molecule has 0 amide bonds. The van der Waals surface area contributed by atoms with Gasteiger partial charge < -0.3 is 14.9 Å². The number of anilines is 1. The average molecular weight is 274 g/mol. The van der Waals surface area contributed by atoms with Crippen molar-refractivity contribution in [1.29, 1.82) is 0 Å². The Morgan fingerprint density at radius 2 is 2.12 bits per heavy atom. The molecule has 1 aliphatic heterocycles. The number of carboxylic acids is 1. The molecule has 1 N–H and O–H groups in total. The van der Waals surface area contributed by atoms with Gasteiger partial charge in [0.25, 0.3) is 0 Å². The summed E-state index contributed by atoms with van der Waals surface area (Å²) in [5.41, 5.74) is 0. The molecule has 1 aromatic rings. The van der Waals surface area contributed by atoms with E-state index >= 15 is 0 Å². The molecule has 1 aromatic heterocycles. The van der Waals surface area contributed by atoms with Crippen LogP contribution in [-0.2, 0) is 4.79 Å². The second kappa shape index (κ2) is 5.65. The zero-order chi connectivity index (χ0) is 12.3. The average Bonchev–Trinajstić information content (AvgIpc) is 2.76. The van der Waals surface area contributed by atoms with Gasteiger partial charge in [-0.1, -0.05) is 23.1 Å². The summed E-state index contributed by atoms with van der Waals surface area (Å²) in [7, 11) is 2.10. The van der Waals surface area contributed by atoms with E-state index in [1.54, 1.807) is 0 Å². The maximum Gasteiger partial charge on any atom is 0.313 e. The van der Waals surface area contributed by atoms with Crippen LogP contribution in [0.2, 0.25) is 0 Å². The van der Waals surface area contributed by atoms with Gasteiger partial charge in [0.1, 0.15) is 0 Å². The summed E-state index contributed by atoms with van der Waals surface area (Å²) in [6.07, 6.45) is 0. The van der Waals surface area contributed by atoms with E-state index in [1.165, 1.54) is 23.1 Å². The molecule has 0 unspecified atom stereocenters. The monoisotopic (exact) mass is 274 g/mol. The number of likely N-dealkylation sites (N-methyl/N-ethyl adjacent to an activating group) is 1. The molecule has 94 valence electrons. The van der Waals surface area contributed by atoms with Crippen LogP contribution in [0.15, 0.2) is 4.34 Å². The first kappa shape index (κ1) is 12.6. The highest BCUT2D eigenvalue weighted by Crippen LogP contribution is 2.28. The summed E-state index contributed by atoms with van der Waals surface area (Å²) < 4.78 is 0.723. The third kappa shape index (κ3) is 3.55. The standard InChI is InChI=1S/C9H14N4O2S2/c1-12-2-4-13(5-3-12)8-10-11-9(17-8)16-6-7(14)15/h2-6H2,1H3,(H,14,15). The van der Waals surface area contributed by atoms with E-state index in [9.17, 15) is 4.79 Å². The van der Waals surface area contributed by atoms with Gasteiger partial charge in [-0.25, -0.2) is 0 Å². The van der Waals surface area contributed by atoms with E-state index in [2.05, 4.69) is 27.0 Å². The third-order valence-corrected chi connectivity index (χ3v) is 4.59. The quantitative estimate of drug-likeness (QED) is 0.800. The molecule has 8 heteroatoms. The van der Waals surface area contributed by atoms with Crippen LogP contribution in [0.4, 0.5) is 5.13 Å². The highest BCUT2D eigenvalue weighted by molar-refractivity contribution is 8.01. The molecule has 0 spiro atoms. The van der Waals surface area contributed by atoms with Crippen LogP contribution in [0.5, 0.6) is 0 Å². The molecule has 2 rings (SSSR count). The lowest BCUT2D eigenvalue weighted by atomic mass is 10.3. The largest absolute Gasteiger partial charge is 0.481 e. The van der Waals surface area contributed by atoms with Gasteiger partial charge in [0.05, 0.1) is 5.75 Å². The first-order chi connectivity index (χ1) is 8.15. The fraction of sp³-hybridized carbons (Fsp3) is 0.667. The van der Waals surface area contributed by atoms with Gasteiger partial charge in [0.2, 0.25) is 5.13 Å². The summed E-state index contributed by atoms with van der Waals surface area (Å²) >= 11 is 2.69. The van der Waals surface area contributed by atoms with Gasteiger partial charge >= 0.3 is 5.97 Å². The van der Waals surface area contributed by atoms with Crippen LogP contribution in [0, 0.1) is 0 Å². The number of carboxylic acid groups (broad SMARTS) is 1. The Hall–Kier alpha value is -0.860. The van der Waals surface area contributed by atoms with Gasteiger partial charge in [0, 0.05) is 26.2 Å². The van der Waals surface area contributed by atoms with Crippen molar-refractivity contribution in [3.63, 3.8) is 0 Å². The Labute approximate surface area is 108 Å². The summed E-state index contributed by atoms with van der Waals surface area (Å²) in [5, 5.41) is 17.6. The number of nitrogens with zero attached hydrogens (tertiary/aromatic N) is 4. The lowest BCUT2D eigenvalue weighted by Crippen LogP contribution is -2.44. The summed E-state index contributed by atoms with van der Waals surface area (Å²) in [5.74, 6) is -0.788. The second-order valence-electron chi connectivity index (χ2n) is 3.82. The van der Waals surface area contributed by atoms with Gasteiger partial charge in [-0.05, 0) is 7.05 Å². The molecule has 6 nitrogen and oxygen atoms in total. The minimum Gasteiger partial charge on any atom is -0.481 e. The minimum absolute atomic E-state index is 0.0391. The van der Waals surface area contributed by atoms with Crippen LogP contribution in [-0.4, -0.2) is 65.2 Å². The maximum absolute atomic E-state index is 10.4. The normalized spacial score (nSPS) is 17.4. The summed E-state index contributed by atoms with van der Waals surface area (Å²) in [6.45, 7) is 3.96. The lowest BCUT2D eigenvalue weighted by molar-refractivity contribution is -0.133. The third-order valence-electron chi connectivity index (χ3n) is 2.49. The molecule has 0 aliphatic carbocycles. The number of thioether (sulfide) groups is 1. The zero-order valence-electron chi connectivity index (χ0n) is 9.50. The van der Waals surface area contributed by atoms with Crippen LogP contribution < -0.4 is 4.90 Å². The fourth-order valence-corrected chi connectivity index (χ4v) is 3.12. The van der Waals surface area contributed by atoms with Gasteiger partial charge in [-0.3, -0.25) is 4.79 Å². The maximum atomic E-state index is 10.4. The number of carbonyl (C=O) groups is 1. The number of hydrogen-bond acceptors (Lipinski definition) is 7. The van der Waals surface area contributed by atoms with Crippen molar-refractivity contribution in [3.8, 4) is 0 Å². The number of aliphatic carboxylic acids is 1. The molecular formula is C9H14N4O2S2. The Morgan fingerprint density at radius 3 is 2.76 bits per heavy atom. The Kier molecular flexibility index (Phi) is 4.19. The van der Waals surface area contributed by atoms with E-state index in [-0.39, 0.29) is 5.75 Å². The number of aromatic nitrogens is 2. The minimum atomic E-state index is -0.827. The molecule has 0 aromatic carbocycles. The molecule has 1 saturated heterocycles. The number of hydrogen-bond donors (Lipinski definition) is 1. The molecule has 1 aliphatic rings. The van der Waals surface area contributed by atoms with Crippen LogP contribution in [0.1, 0.15) is 0 Å². The zero-order valence-corrected chi connectivity index (χ0v) is 11.1. The van der Waals surface area contributed by atoms with Crippen LogP contribution >= 0.6 is 23.1 Å². The number of rotatable bonds is 4. The van der Waals surface area contributed by atoms with E-state index < -0.39 is 5.97 Å². The Balaban J connectivity index is 1.91. The van der Waals surface area contributed by atoms with E-state index in [1.807, 2.05) is 0 Å². The van der Waals surface area contributed by atoms with E-state index in [0.717, 1.165) is 35.7 Å². The molecule has 17 heavy (non-hydrogen) atoms. The SMILES string of the molecule is CN1CCN(c2nnc(SCC(=O)O)s2)CC1. The first-order valence-corrected chi connectivity index (χ1v) is 7.07. The van der Waals surface area contributed by atoms with Crippen molar-refractivity contribution in [3.05, 3.63) is 0 Å². The fourth-order valence-electron chi connectivity index (χ4n) is 1.51. The van der Waals surface area contributed by atoms with Gasteiger partial charge in [0.15, 0.2) is 4.34 Å². The van der Waals surface area contributed by atoms with Crippen LogP contribution in [0.25, 0.3) is 0 Å². The molecule has 0 radical (unpaired) electrons. The van der Waals surface area contributed by atoms with Crippen molar-refractivity contribution in [2.45, 2.75) is 4.34 Å². The predicted octanol–water partition coefficient (Wildman–Crippen LogP) is 0.467. The van der Waals surface area contributed by atoms with Gasteiger partial charge in [-0.15, -0.1) is 10.2 Å².